The van der Waals surface area contributed by atoms with E-state index in [1.165, 1.54) is 6.42 Å². The number of rotatable bonds is 3. The summed E-state index contributed by atoms with van der Waals surface area (Å²) in [6.07, 6.45) is 3.90. The van der Waals surface area contributed by atoms with Crippen molar-refractivity contribution in [3.8, 4) is 0 Å². The van der Waals surface area contributed by atoms with E-state index in [2.05, 4.69) is 38.2 Å². The first-order valence-electron chi connectivity index (χ1n) is 5.97. The van der Waals surface area contributed by atoms with Crippen molar-refractivity contribution in [1.29, 1.82) is 0 Å². The van der Waals surface area contributed by atoms with Gasteiger partial charge in [0.05, 0.1) is 5.56 Å². The molecule has 1 aromatic rings. The van der Waals surface area contributed by atoms with Gasteiger partial charge in [0.15, 0.2) is 0 Å². The first-order chi connectivity index (χ1) is 8.58. The summed E-state index contributed by atoms with van der Waals surface area (Å²) in [7, 11) is 2.08. The molecule has 1 aliphatic heterocycles. The number of likely N-dealkylation sites (N-methyl/N-ethyl adjacent to an activating group) is 1. The predicted molar refractivity (Wildman–Crippen MR) is 74.3 cm³/mol. The highest BCUT2D eigenvalue weighted by Gasteiger charge is 2.21. The molecule has 1 aliphatic rings. The number of nitrogens with two attached hydrogens (primary N) is 1. The van der Waals surface area contributed by atoms with Gasteiger partial charge in [0.1, 0.15) is 5.82 Å². The van der Waals surface area contributed by atoms with Gasteiger partial charge in [0.2, 0.25) is 0 Å². The smallest absolute Gasteiger partial charge is 0.255 e. The first-order valence-corrected chi connectivity index (χ1v) is 6.76. The standard InChI is InChI=1S/C12H17BrN4O/c1-17-4-2-3-9(17)7-16-12(18)10-5-8(13)6-15-11(10)14/h5-6,9H,2-4,7H2,1H3,(H2,14,15)(H,16,18). The van der Waals surface area contributed by atoms with Crippen LogP contribution in [0.5, 0.6) is 0 Å². The molecule has 2 rings (SSSR count). The van der Waals surface area contributed by atoms with Gasteiger partial charge in [0.25, 0.3) is 5.91 Å². The van der Waals surface area contributed by atoms with Crippen molar-refractivity contribution >= 4 is 27.7 Å². The number of nitrogens with zero attached hydrogens (tertiary/aromatic N) is 2. The lowest BCUT2D eigenvalue weighted by atomic mass is 10.2. The van der Waals surface area contributed by atoms with Crippen LogP contribution in [0.1, 0.15) is 23.2 Å². The molecule has 0 aliphatic carbocycles. The number of anilines is 1. The number of nitrogens with one attached hydrogen (secondary N) is 1. The molecule has 6 heteroatoms. The second-order valence-corrected chi connectivity index (χ2v) is 5.49. The van der Waals surface area contributed by atoms with E-state index in [0.29, 0.717) is 18.2 Å². The van der Waals surface area contributed by atoms with Crippen LogP contribution in [0, 0.1) is 0 Å². The molecule has 0 bridgehead atoms. The number of nitrogen functional groups attached to an aromatic ring is 1. The molecule has 1 atom stereocenters. The molecule has 1 amide bonds. The molecule has 98 valence electrons. The maximum atomic E-state index is 12.0. The summed E-state index contributed by atoms with van der Waals surface area (Å²) in [5.74, 6) is 0.0945. The second-order valence-electron chi connectivity index (χ2n) is 4.57. The molecule has 2 heterocycles. The SMILES string of the molecule is CN1CCCC1CNC(=O)c1cc(Br)cnc1N. The Balaban J connectivity index is 1.97. The molecule has 5 nitrogen and oxygen atoms in total. The van der Waals surface area contributed by atoms with E-state index in [9.17, 15) is 4.79 Å². The van der Waals surface area contributed by atoms with Crippen LogP contribution >= 0.6 is 15.9 Å². The normalized spacial score (nSPS) is 20.0. The Bertz CT molecular complexity index is 452. The summed E-state index contributed by atoms with van der Waals surface area (Å²) in [5.41, 5.74) is 6.12. The van der Waals surface area contributed by atoms with Gasteiger partial charge in [-0.25, -0.2) is 4.98 Å². The molecular weight excluding hydrogens is 296 g/mol. The van der Waals surface area contributed by atoms with Crippen LogP contribution in [-0.4, -0.2) is 42.0 Å². The number of amides is 1. The zero-order valence-electron chi connectivity index (χ0n) is 10.3. The van der Waals surface area contributed by atoms with Crippen LogP contribution in [0.25, 0.3) is 0 Å². The van der Waals surface area contributed by atoms with Gasteiger partial charge in [-0.2, -0.15) is 0 Å². The fourth-order valence-electron chi connectivity index (χ4n) is 2.17. The Kier molecular flexibility index (Phi) is 4.19. The van der Waals surface area contributed by atoms with Crippen LogP contribution < -0.4 is 11.1 Å². The molecule has 3 N–H and O–H groups in total. The van der Waals surface area contributed by atoms with E-state index in [1.54, 1.807) is 12.3 Å². The number of aromatic nitrogens is 1. The minimum Gasteiger partial charge on any atom is -0.383 e. The van der Waals surface area contributed by atoms with Crippen LogP contribution in [0.15, 0.2) is 16.7 Å². The summed E-state index contributed by atoms with van der Waals surface area (Å²) in [5, 5.41) is 2.92. The quantitative estimate of drug-likeness (QED) is 0.881. The Hall–Kier alpha value is -1.14. The van der Waals surface area contributed by atoms with Crippen molar-refractivity contribution in [3.05, 3.63) is 22.3 Å². The van der Waals surface area contributed by atoms with E-state index in [0.717, 1.165) is 17.4 Å². The predicted octanol–water partition coefficient (Wildman–Crippen LogP) is 1.25. The Morgan fingerprint density at radius 3 is 3.17 bits per heavy atom. The molecule has 1 fully saturated rings. The van der Waals surface area contributed by atoms with Crippen LogP contribution in [0.2, 0.25) is 0 Å². The van der Waals surface area contributed by atoms with Crippen molar-refractivity contribution in [2.24, 2.45) is 0 Å². The lowest BCUT2D eigenvalue weighted by Gasteiger charge is -2.19. The number of pyridine rings is 1. The van der Waals surface area contributed by atoms with Crippen molar-refractivity contribution in [2.75, 3.05) is 25.9 Å². The van der Waals surface area contributed by atoms with Crippen LogP contribution in [-0.2, 0) is 0 Å². The van der Waals surface area contributed by atoms with E-state index in [4.69, 9.17) is 5.73 Å². The molecule has 18 heavy (non-hydrogen) atoms. The average Bonchev–Trinajstić information content (AvgIpc) is 2.75. The summed E-state index contributed by atoms with van der Waals surface area (Å²) < 4.78 is 0.750. The minimum atomic E-state index is -0.165. The number of carbonyl (C=O) groups is 1. The lowest BCUT2D eigenvalue weighted by Crippen LogP contribution is -2.38. The zero-order valence-corrected chi connectivity index (χ0v) is 11.9. The van der Waals surface area contributed by atoms with Gasteiger partial charge < -0.3 is 16.0 Å². The molecule has 0 saturated carbocycles. The second kappa shape index (κ2) is 5.67. The highest BCUT2D eigenvalue weighted by molar-refractivity contribution is 9.10. The average molecular weight is 313 g/mol. The third-order valence-electron chi connectivity index (χ3n) is 3.30. The summed E-state index contributed by atoms with van der Waals surface area (Å²) in [4.78, 5) is 18.2. The summed E-state index contributed by atoms with van der Waals surface area (Å²) >= 11 is 3.29. The molecule has 0 spiro atoms. The third kappa shape index (κ3) is 3.00. The van der Waals surface area contributed by atoms with E-state index in [-0.39, 0.29) is 11.7 Å². The molecule has 1 saturated heterocycles. The Morgan fingerprint density at radius 2 is 2.50 bits per heavy atom. The third-order valence-corrected chi connectivity index (χ3v) is 3.73. The molecule has 0 radical (unpaired) electrons. The highest BCUT2D eigenvalue weighted by Crippen LogP contribution is 2.16. The van der Waals surface area contributed by atoms with Gasteiger partial charge in [-0.15, -0.1) is 0 Å². The van der Waals surface area contributed by atoms with Gasteiger partial charge in [-0.3, -0.25) is 4.79 Å². The number of likely N-dealkylation sites (tertiary alicyclic amines) is 1. The van der Waals surface area contributed by atoms with Crippen molar-refractivity contribution in [2.45, 2.75) is 18.9 Å². The van der Waals surface area contributed by atoms with Gasteiger partial charge in [-0.1, -0.05) is 0 Å². The Labute approximate surface area is 115 Å². The number of hydrogen-bond donors (Lipinski definition) is 2. The number of carbonyl (C=O) groups excluding carboxylic acids is 1. The largest absolute Gasteiger partial charge is 0.383 e. The molecule has 0 aromatic carbocycles. The topological polar surface area (TPSA) is 71.2 Å². The summed E-state index contributed by atoms with van der Waals surface area (Å²) in [6, 6.07) is 2.12. The lowest BCUT2D eigenvalue weighted by molar-refractivity contribution is 0.0944. The number of halogens is 1. The maximum absolute atomic E-state index is 12.0. The molecular formula is C12H17BrN4O. The van der Waals surface area contributed by atoms with Gasteiger partial charge in [0, 0.05) is 23.3 Å². The monoisotopic (exact) mass is 312 g/mol. The number of hydrogen-bond acceptors (Lipinski definition) is 4. The minimum absolute atomic E-state index is 0.165. The van der Waals surface area contributed by atoms with E-state index < -0.39 is 0 Å². The fourth-order valence-corrected chi connectivity index (χ4v) is 2.51. The maximum Gasteiger partial charge on any atom is 0.255 e. The highest BCUT2D eigenvalue weighted by atomic mass is 79.9. The van der Waals surface area contributed by atoms with E-state index >= 15 is 0 Å². The Morgan fingerprint density at radius 1 is 1.72 bits per heavy atom. The summed E-state index contributed by atoms with van der Waals surface area (Å²) in [6.45, 7) is 1.75. The van der Waals surface area contributed by atoms with E-state index in [1.807, 2.05) is 0 Å². The van der Waals surface area contributed by atoms with Crippen molar-refractivity contribution < 1.29 is 4.79 Å². The molecule has 1 unspecified atom stereocenters. The van der Waals surface area contributed by atoms with Crippen molar-refractivity contribution in [3.63, 3.8) is 0 Å². The van der Waals surface area contributed by atoms with Gasteiger partial charge >= 0.3 is 0 Å². The van der Waals surface area contributed by atoms with Crippen molar-refractivity contribution in [1.82, 2.24) is 15.2 Å². The zero-order chi connectivity index (χ0) is 13.1. The first kappa shape index (κ1) is 13.3. The van der Waals surface area contributed by atoms with Gasteiger partial charge in [-0.05, 0) is 48.4 Å². The molecule has 1 aromatic heterocycles. The van der Waals surface area contributed by atoms with Crippen LogP contribution in [0.3, 0.4) is 0 Å². The van der Waals surface area contributed by atoms with Crippen LogP contribution in [0.4, 0.5) is 5.82 Å². The fraction of sp³-hybridized carbons (Fsp3) is 0.500.